The van der Waals surface area contributed by atoms with Gasteiger partial charge in [0.15, 0.2) is 6.23 Å². The van der Waals surface area contributed by atoms with Crippen molar-refractivity contribution in [2.75, 3.05) is 20.3 Å². The smallest absolute Gasteiger partial charge is 0.334 e. The van der Waals surface area contributed by atoms with E-state index in [-0.39, 0.29) is 24.8 Å². The van der Waals surface area contributed by atoms with Crippen molar-refractivity contribution in [2.24, 2.45) is 5.92 Å². The third-order valence-corrected chi connectivity index (χ3v) is 7.54. The maximum atomic E-state index is 12.9. The topological polar surface area (TPSA) is 129 Å². The predicted molar refractivity (Wildman–Crippen MR) is 94.8 cm³/mol. The van der Waals surface area contributed by atoms with Crippen molar-refractivity contribution in [3.05, 3.63) is 33.1 Å². The van der Waals surface area contributed by atoms with Crippen LogP contribution in [0.5, 0.6) is 0 Å². The van der Waals surface area contributed by atoms with Gasteiger partial charge in [0.25, 0.3) is 5.56 Å². The molecular formula is C16H25N2O8P. The van der Waals surface area contributed by atoms with Crippen LogP contribution in [0, 0.1) is 5.92 Å². The van der Waals surface area contributed by atoms with Crippen LogP contribution >= 0.6 is 7.60 Å². The van der Waals surface area contributed by atoms with E-state index in [9.17, 15) is 19.3 Å². The van der Waals surface area contributed by atoms with Crippen molar-refractivity contribution in [3.8, 4) is 0 Å². The highest BCUT2D eigenvalue weighted by Crippen LogP contribution is 2.67. The van der Waals surface area contributed by atoms with E-state index in [1.807, 2.05) is 0 Å². The molecule has 27 heavy (non-hydrogen) atoms. The number of hydrogen-bond acceptors (Lipinski definition) is 8. The molecule has 0 aromatic carbocycles. The fourth-order valence-corrected chi connectivity index (χ4v) is 5.96. The maximum Gasteiger partial charge on any atom is 0.334 e. The number of nitrogens with zero attached hydrogens (tertiary/aromatic N) is 1. The van der Waals surface area contributed by atoms with Gasteiger partial charge in [0.2, 0.25) is 0 Å². The van der Waals surface area contributed by atoms with Gasteiger partial charge in [-0.1, -0.05) is 0 Å². The summed E-state index contributed by atoms with van der Waals surface area (Å²) in [5.41, 5.74) is -1.57. The van der Waals surface area contributed by atoms with Crippen LogP contribution in [-0.4, -0.2) is 59.0 Å². The van der Waals surface area contributed by atoms with E-state index in [0.29, 0.717) is 6.42 Å². The van der Waals surface area contributed by atoms with Gasteiger partial charge in [-0.2, -0.15) is 0 Å². The molecule has 1 aromatic rings. The highest BCUT2D eigenvalue weighted by molar-refractivity contribution is 7.55. The standard InChI is InChI=1S/C16H25N2O8P/c1-4-24-27(22,25-5-2)10-8-9(10)13-12(20)14(23-3)15(26-13)18-7-6-11(19)17-16(18)21/h6-7,9-10,12-15,20H,4-5,8H2,1-3H3,(H,17,19,21). The molecule has 1 aromatic heterocycles. The van der Waals surface area contributed by atoms with Gasteiger partial charge in [-0.15, -0.1) is 0 Å². The van der Waals surface area contributed by atoms with E-state index in [2.05, 4.69) is 4.98 Å². The van der Waals surface area contributed by atoms with Gasteiger partial charge in [-0.25, -0.2) is 4.79 Å². The Labute approximate surface area is 155 Å². The summed E-state index contributed by atoms with van der Waals surface area (Å²) in [5, 5.41) is 10.7. The lowest BCUT2D eigenvalue weighted by molar-refractivity contribution is -0.0572. The molecule has 3 rings (SSSR count). The summed E-state index contributed by atoms with van der Waals surface area (Å²) in [6.07, 6.45) is -1.66. The fourth-order valence-electron chi connectivity index (χ4n) is 3.64. The van der Waals surface area contributed by atoms with E-state index in [1.165, 1.54) is 23.9 Å². The molecule has 0 radical (unpaired) electrons. The summed E-state index contributed by atoms with van der Waals surface area (Å²) in [6, 6.07) is 1.19. The van der Waals surface area contributed by atoms with E-state index < -0.39 is 43.4 Å². The zero-order valence-corrected chi connectivity index (χ0v) is 16.3. The van der Waals surface area contributed by atoms with Gasteiger partial charge in [-0.05, 0) is 20.3 Å². The normalized spacial score (nSPS) is 33.3. The first kappa shape index (κ1) is 20.4. The summed E-state index contributed by atoms with van der Waals surface area (Å²) in [6.45, 7) is 3.99. The number of rotatable bonds is 8. The Hall–Kier alpha value is -1.29. The maximum absolute atomic E-state index is 12.9. The second kappa shape index (κ2) is 7.98. The van der Waals surface area contributed by atoms with Crippen LogP contribution in [-0.2, 0) is 23.1 Å². The van der Waals surface area contributed by atoms with Crippen molar-refractivity contribution in [3.63, 3.8) is 0 Å². The Morgan fingerprint density at radius 2 is 2.00 bits per heavy atom. The van der Waals surface area contributed by atoms with Crippen LogP contribution in [0.1, 0.15) is 26.5 Å². The lowest BCUT2D eigenvalue weighted by Crippen LogP contribution is -2.38. The Morgan fingerprint density at radius 3 is 2.56 bits per heavy atom. The zero-order valence-electron chi connectivity index (χ0n) is 15.4. The molecule has 152 valence electrons. The van der Waals surface area contributed by atoms with Gasteiger partial charge in [0.1, 0.15) is 12.2 Å². The van der Waals surface area contributed by atoms with Crippen molar-refractivity contribution in [1.82, 2.24) is 9.55 Å². The lowest BCUT2D eigenvalue weighted by Gasteiger charge is -2.20. The molecule has 0 spiro atoms. The molecular weight excluding hydrogens is 379 g/mol. The third-order valence-electron chi connectivity index (χ3n) is 4.90. The highest BCUT2D eigenvalue weighted by atomic mass is 31.2. The average Bonchev–Trinajstić information content (AvgIpc) is 3.34. The van der Waals surface area contributed by atoms with Crippen LogP contribution in [0.4, 0.5) is 0 Å². The van der Waals surface area contributed by atoms with Crippen molar-refractivity contribution < 1.29 is 28.2 Å². The van der Waals surface area contributed by atoms with Crippen LogP contribution < -0.4 is 11.2 Å². The Balaban J connectivity index is 1.81. The number of aromatic amines is 1. The third kappa shape index (κ3) is 3.83. The minimum Gasteiger partial charge on any atom is -0.387 e. The van der Waals surface area contributed by atoms with E-state index in [1.54, 1.807) is 13.8 Å². The number of H-pyrrole nitrogens is 1. The average molecular weight is 404 g/mol. The molecule has 1 aliphatic carbocycles. The molecule has 2 fully saturated rings. The molecule has 2 heterocycles. The van der Waals surface area contributed by atoms with Crippen LogP contribution in [0.2, 0.25) is 0 Å². The quantitative estimate of drug-likeness (QED) is 0.598. The second-order valence-electron chi connectivity index (χ2n) is 6.54. The lowest BCUT2D eigenvalue weighted by atomic mass is 10.1. The molecule has 0 bridgehead atoms. The predicted octanol–water partition coefficient (Wildman–Crippen LogP) is 0.465. The summed E-state index contributed by atoms with van der Waals surface area (Å²) in [4.78, 5) is 25.5. The molecule has 1 saturated heterocycles. The number of nitrogens with one attached hydrogen (secondary N) is 1. The molecule has 11 heteroatoms. The SMILES string of the molecule is CCOP(=O)(OCC)C1CC1C1OC(n2ccc(=O)[nH]c2=O)C(OC)C1O. The first-order valence-corrected chi connectivity index (χ1v) is 10.5. The van der Waals surface area contributed by atoms with E-state index in [4.69, 9.17) is 18.5 Å². The molecule has 10 nitrogen and oxygen atoms in total. The molecule has 2 aliphatic rings. The van der Waals surface area contributed by atoms with Crippen LogP contribution in [0.15, 0.2) is 21.9 Å². The second-order valence-corrected chi connectivity index (χ2v) is 8.80. The minimum atomic E-state index is -3.30. The van der Waals surface area contributed by atoms with Gasteiger partial charge < -0.3 is 23.6 Å². The first-order chi connectivity index (χ1) is 12.9. The number of aromatic nitrogens is 2. The summed E-state index contributed by atoms with van der Waals surface area (Å²) in [7, 11) is -1.90. The van der Waals surface area contributed by atoms with Crippen LogP contribution in [0.25, 0.3) is 0 Å². The van der Waals surface area contributed by atoms with Gasteiger partial charge >= 0.3 is 13.3 Å². The molecule has 0 amide bonds. The largest absolute Gasteiger partial charge is 0.387 e. The summed E-state index contributed by atoms with van der Waals surface area (Å²) < 4.78 is 36.1. The number of ether oxygens (including phenoxy) is 2. The van der Waals surface area contributed by atoms with Crippen molar-refractivity contribution in [1.29, 1.82) is 0 Å². The monoisotopic (exact) mass is 404 g/mol. The Morgan fingerprint density at radius 1 is 1.33 bits per heavy atom. The molecule has 6 unspecified atom stereocenters. The Bertz CT molecular complexity index is 813. The molecule has 1 saturated carbocycles. The van der Waals surface area contributed by atoms with E-state index in [0.717, 1.165) is 0 Å². The number of methoxy groups -OCH3 is 1. The van der Waals surface area contributed by atoms with E-state index >= 15 is 0 Å². The molecule has 2 N–H and O–H groups in total. The van der Waals surface area contributed by atoms with Gasteiger partial charge in [0.05, 0.1) is 25.0 Å². The number of aliphatic hydroxyl groups is 1. The summed E-state index contributed by atoms with van der Waals surface area (Å²) in [5.74, 6) is -0.245. The Kier molecular flexibility index (Phi) is 6.05. The van der Waals surface area contributed by atoms with Crippen molar-refractivity contribution >= 4 is 7.60 Å². The van der Waals surface area contributed by atoms with Gasteiger partial charge in [-0.3, -0.25) is 18.9 Å². The first-order valence-electron chi connectivity index (χ1n) is 8.92. The highest BCUT2D eigenvalue weighted by Gasteiger charge is 2.61. The zero-order chi connectivity index (χ0) is 19.8. The number of hydrogen-bond donors (Lipinski definition) is 2. The fraction of sp³-hybridized carbons (Fsp3) is 0.750. The molecule has 1 aliphatic heterocycles. The van der Waals surface area contributed by atoms with Gasteiger partial charge in [0, 0.05) is 25.3 Å². The van der Waals surface area contributed by atoms with Crippen LogP contribution in [0.3, 0.4) is 0 Å². The molecule has 6 atom stereocenters. The minimum absolute atomic E-state index is 0.245. The van der Waals surface area contributed by atoms with Crippen molar-refractivity contribution in [2.45, 2.75) is 50.5 Å². The number of aliphatic hydroxyl groups excluding tert-OH is 1. The summed E-state index contributed by atoms with van der Waals surface area (Å²) >= 11 is 0.